The second-order valence-corrected chi connectivity index (χ2v) is 19.9. The minimum Gasteiger partial charge on any atom is -0.310 e. The van der Waals surface area contributed by atoms with Gasteiger partial charge in [-0.05, 0) is 149 Å². The quantitative estimate of drug-likeness (QED) is 0.173. The van der Waals surface area contributed by atoms with E-state index in [0.717, 1.165) is 23.7 Å². The fourth-order valence-corrected chi connectivity index (χ4v) is 15.9. The standard InChI is InChI=1S/C53H39NS2/c1-4-10-45-39(7-1)44-25-33(15-22-46(44)53(45)35-24-31-23-34-26-51(53)52(34,29-31)30-35)32-13-16-36(17-14-32)54(37-18-20-42-40-8-2-5-11-47(40)55-49(42)27-37)38-19-21-43-41-9-3-6-12-48(41)56-50(43)28-38/h1-22,25,27-28,31,34-35,51H,23-24,26,29-30H2. The molecule has 3 heteroatoms. The third kappa shape index (κ3) is 3.82. The first-order valence-corrected chi connectivity index (χ1v) is 22.3. The Morgan fingerprint density at radius 3 is 1.77 bits per heavy atom. The molecule has 4 saturated carbocycles. The molecule has 0 N–H and O–H groups in total. The van der Waals surface area contributed by atoms with Crippen LogP contribution in [0.25, 0.3) is 62.6 Å². The molecule has 0 aliphatic heterocycles. The number of thiophene rings is 2. The number of hydrogen-bond acceptors (Lipinski definition) is 3. The molecule has 5 aliphatic carbocycles. The summed E-state index contributed by atoms with van der Waals surface area (Å²) in [6.07, 6.45) is 7.39. The van der Waals surface area contributed by atoms with Gasteiger partial charge in [-0.1, -0.05) is 97.1 Å². The van der Waals surface area contributed by atoms with E-state index in [9.17, 15) is 0 Å². The van der Waals surface area contributed by atoms with Gasteiger partial charge >= 0.3 is 0 Å². The molecule has 6 unspecified atom stereocenters. The summed E-state index contributed by atoms with van der Waals surface area (Å²) in [6.45, 7) is 0. The lowest BCUT2D eigenvalue weighted by molar-refractivity contribution is -0.0193. The normalized spacial score (nSPS) is 26.4. The van der Waals surface area contributed by atoms with Crippen molar-refractivity contribution in [3.63, 3.8) is 0 Å². The zero-order valence-electron chi connectivity index (χ0n) is 31.0. The van der Waals surface area contributed by atoms with Gasteiger partial charge in [0.25, 0.3) is 0 Å². The lowest BCUT2D eigenvalue weighted by Gasteiger charge is -2.54. The van der Waals surface area contributed by atoms with Crippen molar-refractivity contribution in [1.29, 1.82) is 0 Å². The van der Waals surface area contributed by atoms with Crippen LogP contribution in [0.15, 0.2) is 152 Å². The van der Waals surface area contributed by atoms with Crippen molar-refractivity contribution in [2.75, 3.05) is 4.90 Å². The van der Waals surface area contributed by atoms with Crippen molar-refractivity contribution in [2.45, 2.75) is 37.5 Å². The molecule has 268 valence electrons. The molecule has 7 aromatic carbocycles. The summed E-state index contributed by atoms with van der Waals surface area (Å²) in [5, 5.41) is 5.33. The van der Waals surface area contributed by atoms with Crippen LogP contribution < -0.4 is 4.90 Å². The highest BCUT2D eigenvalue weighted by molar-refractivity contribution is 7.26. The lowest BCUT2D eigenvalue weighted by atomic mass is 9.49. The van der Waals surface area contributed by atoms with E-state index in [4.69, 9.17) is 0 Å². The Bertz CT molecular complexity index is 3020. The number of rotatable bonds is 4. The van der Waals surface area contributed by atoms with E-state index in [1.54, 1.807) is 11.1 Å². The molecule has 6 atom stereocenters. The van der Waals surface area contributed by atoms with Crippen LogP contribution in [0.2, 0.25) is 0 Å². The Labute approximate surface area is 334 Å². The van der Waals surface area contributed by atoms with Gasteiger partial charge in [-0.3, -0.25) is 0 Å². The van der Waals surface area contributed by atoms with Gasteiger partial charge in [0.05, 0.1) is 0 Å². The molecular weight excluding hydrogens is 715 g/mol. The molecule has 0 amide bonds. The van der Waals surface area contributed by atoms with Crippen LogP contribution >= 0.6 is 22.7 Å². The predicted octanol–water partition coefficient (Wildman–Crippen LogP) is 15.3. The smallest absolute Gasteiger partial charge is 0.0476 e. The van der Waals surface area contributed by atoms with E-state index >= 15 is 0 Å². The van der Waals surface area contributed by atoms with E-state index < -0.39 is 0 Å². The Morgan fingerprint density at radius 1 is 0.446 bits per heavy atom. The minimum atomic E-state index is 0.228. The maximum absolute atomic E-state index is 2.57. The number of nitrogens with zero attached hydrogens (tertiary/aromatic N) is 1. The molecule has 56 heavy (non-hydrogen) atoms. The first-order chi connectivity index (χ1) is 27.7. The predicted molar refractivity (Wildman–Crippen MR) is 238 cm³/mol. The first-order valence-electron chi connectivity index (χ1n) is 20.6. The second kappa shape index (κ2) is 10.8. The van der Waals surface area contributed by atoms with E-state index in [-0.39, 0.29) is 5.41 Å². The van der Waals surface area contributed by atoms with Gasteiger partial charge in [0, 0.05) is 62.8 Å². The Morgan fingerprint density at radius 2 is 1.04 bits per heavy atom. The highest BCUT2D eigenvalue weighted by Crippen LogP contribution is 2.83. The molecule has 4 fully saturated rings. The molecule has 14 rings (SSSR count). The molecular formula is C53H39NS2. The largest absolute Gasteiger partial charge is 0.310 e. The Balaban J connectivity index is 0.887. The molecule has 5 aliphatic rings. The first kappa shape index (κ1) is 30.9. The van der Waals surface area contributed by atoms with E-state index in [1.165, 1.54) is 112 Å². The third-order valence-electron chi connectivity index (χ3n) is 15.6. The molecule has 2 spiro atoms. The summed E-state index contributed by atoms with van der Waals surface area (Å²) in [5.41, 5.74) is 13.3. The van der Waals surface area contributed by atoms with Crippen LogP contribution in [-0.4, -0.2) is 0 Å². The Kier molecular flexibility index (Phi) is 5.96. The summed E-state index contributed by atoms with van der Waals surface area (Å²) >= 11 is 3.77. The number of anilines is 3. The zero-order valence-corrected chi connectivity index (χ0v) is 32.7. The molecule has 2 aromatic heterocycles. The van der Waals surface area contributed by atoms with Gasteiger partial charge in [0.2, 0.25) is 0 Å². The molecule has 1 nitrogen and oxygen atoms in total. The highest BCUT2D eigenvalue weighted by Gasteiger charge is 2.76. The van der Waals surface area contributed by atoms with Gasteiger partial charge < -0.3 is 4.90 Å². The van der Waals surface area contributed by atoms with Crippen molar-refractivity contribution < 1.29 is 0 Å². The fourth-order valence-electron chi connectivity index (χ4n) is 13.6. The molecule has 3 bridgehead atoms. The summed E-state index contributed by atoms with van der Waals surface area (Å²) in [4.78, 5) is 2.46. The van der Waals surface area contributed by atoms with E-state index in [0.29, 0.717) is 5.41 Å². The van der Waals surface area contributed by atoms with Crippen molar-refractivity contribution in [1.82, 2.24) is 0 Å². The summed E-state index contributed by atoms with van der Waals surface area (Å²) < 4.78 is 5.32. The average Bonchev–Trinajstić information content (AvgIpc) is 3.97. The molecule has 0 saturated heterocycles. The summed E-state index contributed by atoms with van der Waals surface area (Å²) in [5.74, 6) is 3.59. The minimum absolute atomic E-state index is 0.228. The van der Waals surface area contributed by atoms with Crippen LogP contribution in [-0.2, 0) is 5.41 Å². The third-order valence-corrected chi connectivity index (χ3v) is 17.8. The van der Waals surface area contributed by atoms with Crippen LogP contribution in [0.4, 0.5) is 17.1 Å². The maximum atomic E-state index is 2.57. The number of benzene rings is 7. The molecule has 2 heterocycles. The van der Waals surface area contributed by atoms with Crippen molar-refractivity contribution >= 4 is 80.1 Å². The summed E-state index contributed by atoms with van der Waals surface area (Å²) in [7, 11) is 0. The average molecular weight is 754 g/mol. The second-order valence-electron chi connectivity index (χ2n) is 17.8. The number of fused-ring (bicyclic) bond motifs is 15. The van der Waals surface area contributed by atoms with Crippen molar-refractivity contribution in [2.24, 2.45) is 29.1 Å². The van der Waals surface area contributed by atoms with Gasteiger partial charge in [-0.15, -0.1) is 22.7 Å². The van der Waals surface area contributed by atoms with E-state index in [1.807, 2.05) is 22.7 Å². The Hall–Kier alpha value is -5.22. The number of hydrogen-bond donors (Lipinski definition) is 0. The maximum Gasteiger partial charge on any atom is 0.0476 e. The fraction of sp³-hybridized carbons (Fsp3) is 0.208. The van der Waals surface area contributed by atoms with Gasteiger partial charge in [0.1, 0.15) is 0 Å². The topological polar surface area (TPSA) is 3.24 Å². The molecule has 9 aromatic rings. The van der Waals surface area contributed by atoms with Gasteiger partial charge in [0.15, 0.2) is 0 Å². The lowest BCUT2D eigenvalue weighted by Crippen LogP contribution is -2.50. The van der Waals surface area contributed by atoms with E-state index in [2.05, 4.69) is 157 Å². The highest BCUT2D eigenvalue weighted by atomic mass is 32.1. The van der Waals surface area contributed by atoms with Gasteiger partial charge in [-0.25, -0.2) is 0 Å². The van der Waals surface area contributed by atoms with Crippen molar-refractivity contribution in [3.05, 3.63) is 163 Å². The van der Waals surface area contributed by atoms with Crippen LogP contribution in [0, 0.1) is 29.1 Å². The van der Waals surface area contributed by atoms with Crippen LogP contribution in [0.5, 0.6) is 0 Å². The van der Waals surface area contributed by atoms with Gasteiger partial charge in [-0.2, -0.15) is 0 Å². The van der Waals surface area contributed by atoms with Crippen LogP contribution in [0.3, 0.4) is 0 Å². The zero-order chi connectivity index (χ0) is 36.3. The molecule has 0 radical (unpaired) electrons. The summed E-state index contributed by atoms with van der Waals surface area (Å²) in [6, 6.07) is 58.2. The SMILES string of the molecule is c1ccc2c(c1)-c1cc(-c3ccc(N(c4ccc5c(c4)sc4ccccc45)c4ccc5c(c4)sc4ccccc45)cc3)ccc1C21C2CC3CC4CC1C4(C3)C2. The van der Waals surface area contributed by atoms with Crippen LogP contribution in [0.1, 0.15) is 43.2 Å². The van der Waals surface area contributed by atoms with Crippen molar-refractivity contribution in [3.8, 4) is 22.3 Å². The monoisotopic (exact) mass is 753 g/mol.